The molecule has 0 rings (SSSR count). The first kappa shape index (κ1) is 16.9. The van der Waals surface area contributed by atoms with Crippen LogP contribution in [0.2, 0.25) is 0 Å². The van der Waals surface area contributed by atoms with Gasteiger partial charge in [-0.3, -0.25) is 14.5 Å². The fourth-order valence-electron chi connectivity index (χ4n) is 1.42. The monoisotopic (exact) mass is 260 g/mol. The molecular weight excluding hydrogens is 236 g/mol. The maximum Gasteiger partial charge on any atom is 0.305 e. The largest absolute Gasteiger partial charge is 0.469 e. The lowest BCUT2D eigenvalue weighted by molar-refractivity contribution is -0.140. The average Bonchev–Trinajstić information content (AvgIpc) is 2.34. The molecule has 0 unspecified atom stereocenters. The van der Waals surface area contributed by atoms with Crippen molar-refractivity contribution in [1.29, 1.82) is 0 Å². The van der Waals surface area contributed by atoms with Crippen LogP contribution in [0.4, 0.5) is 0 Å². The van der Waals surface area contributed by atoms with E-state index in [-0.39, 0.29) is 11.9 Å². The van der Waals surface area contributed by atoms with E-state index in [0.717, 1.165) is 6.42 Å². The number of carbonyl (C=O) groups is 2. The molecule has 0 aliphatic heterocycles. The standard InChI is InChI=1S/C12H24N2O4/c1-14(8-4-6-12(16)18-3)10-11(15)13-7-5-9-17-2/h4-10H2,1-3H3,(H,13,15). The lowest BCUT2D eigenvalue weighted by Gasteiger charge is -2.15. The Morgan fingerprint density at radius 3 is 2.56 bits per heavy atom. The number of amides is 1. The third-order valence-corrected chi connectivity index (χ3v) is 2.41. The summed E-state index contributed by atoms with van der Waals surface area (Å²) in [6, 6.07) is 0. The van der Waals surface area contributed by atoms with Crippen molar-refractivity contribution < 1.29 is 19.1 Å². The van der Waals surface area contributed by atoms with Crippen LogP contribution in [-0.4, -0.2) is 64.3 Å². The minimum Gasteiger partial charge on any atom is -0.469 e. The highest BCUT2D eigenvalue weighted by Crippen LogP contribution is 1.94. The lowest BCUT2D eigenvalue weighted by Crippen LogP contribution is -2.36. The van der Waals surface area contributed by atoms with Gasteiger partial charge in [-0.2, -0.15) is 0 Å². The molecule has 18 heavy (non-hydrogen) atoms. The summed E-state index contributed by atoms with van der Waals surface area (Å²) in [6.45, 7) is 2.31. The van der Waals surface area contributed by atoms with Gasteiger partial charge in [0.25, 0.3) is 0 Å². The molecule has 0 fully saturated rings. The van der Waals surface area contributed by atoms with Crippen LogP contribution < -0.4 is 5.32 Å². The van der Waals surface area contributed by atoms with E-state index in [4.69, 9.17) is 4.74 Å². The van der Waals surface area contributed by atoms with Crippen molar-refractivity contribution >= 4 is 11.9 Å². The Morgan fingerprint density at radius 2 is 1.94 bits per heavy atom. The maximum atomic E-state index is 11.5. The topological polar surface area (TPSA) is 67.9 Å². The Balaban J connectivity index is 3.52. The highest BCUT2D eigenvalue weighted by Gasteiger charge is 2.07. The third kappa shape index (κ3) is 10.0. The van der Waals surface area contributed by atoms with Crippen LogP contribution in [0.15, 0.2) is 0 Å². The number of carbonyl (C=O) groups excluding carboxylic acids is 2. The molecule has 0 aromatic carbocycles. The average molecular weight is 260 g/mol. The Kier molecular flexibility index (Phi) is 10.3. The molecule has 0 saturated heterocycles. The number of rotatable bonds is 10. The third-order valence-electron chi connectivity index (χ3n) is 2.41. The SMILES string of the molecule is COCCCNC(=O)CN(C)CCCC(=O)OC. The molecule has 0 saturated carbocycles. The summed E-state index contributed by atoms with van der Waals surface area (Å²) in [5.74, 6) is -0.223. The molecule has 6 nitrogen and oxygen atoms in total. The molecule has 0 atom stereocenters. The van der Waals surface area contributed by atoms with Crippen LogP contribution in [0.5, 0.6) is 0 Å². The number of methoxy groups -OCH3 is 2. The van der Waals surface area contributed by atoms with E-state index >= 15 is 0 Å². The molecule has 0 aromatic heterocycles. The Bertz CT molecular complexity index is 246. The van der Waals surface area contributed by atoms with Crippen molar-refractivity contribution in [2.24, 2.45) is 0 Å². The quantitative estimate of drug-likeness (QED) is 0.443. The van der Waals surface area contributed by atoms with Gasteiger partial charge in [-0.1, -0.05) is 0 Å². The summed E-state index contributed by atoms with van der Waals surface area (Å²) >= 11 is 0. The van der Waals surface area contributed by atoms with Gasteiger partial charge in [0.15, 0.2) is 0 Å². The summed E-state index contributed by atoms with van der Waals surface area (Å²) in [6.07, 6.45) is 1.89. The molecule has 1 amide bonds. The molecule has 0 aliphatic rings. The molecular formula is C12H24N2O4. The second kappa shape index (κ2) is 11.0. The number of likely N-dealkylation sites (N-methyl/N-ethyl adjacent to an activating group) is 1. The normalized spacial score (nSPS) is 10.4. The zero-order valence-electron chi connectivity index (χ0n) is 11.5. The maximum absolute atomic E-state index is 11.5. The minimum absolute atomic E-state index is 0.00771. The fourth-order valence-corrected chi connectivity index (χ4v) is 1.42. The first-order valence-electron chi connectivity index (χ1n) is 6.11. The van der Waals surface area contributed by atoms with Crippen molar-refractivity contribution in [3.63, 3.8) is 0 Å². The summed E-state index contributed by atoms with van der Waals surface area (Å²) in [5, 5.41) is 2.81. The second-order valence-corrected chi connectivity index (χ2v) is 4.11. The smallest absolute Gasteiger partial charge is 0.305 e. The van der Waals surface area contributed by atoms with Crippen molar-refractivity contribution in [3.8, 4) is 0 Å². The first-order valence-corrected chi connectivity index (χ1v) is 6.11. The number of esters is 1. The zero-order chi connectivity index (χ0) is 13.8. The summed E-state index contributed by atoms with van der Waals surface area (Å²) in [4.78, 5) is 24.3. The van der Waals surface area contributed by atoms with Crippen LogP contribution in [0.3, 0.4) is 0 Å². The van der Waals surface area contributed by atoms with Gasteiger partial charge >= 0.3 is 5.97 Å². The summed E-state index contributed by atoms with van der Waals surface area (Å²) in [5.41, 5.74) is 0. The molecule has 0 radical (unpaired) electrons. The van der Waals surface area contributed by atoms with Gasteiger partial charge < -0.3 is 14.8 Å². The van der Waals surface area contributed by atoms with Gasteiger partial charge in [0, 0.05) is 26.7 Å². The Labute approximate surface area is 109 Å². The summed E-state index contributed by atoms with van der Waals surface area (Å²) in [7, 11) is 4.86. The first-order chi connectivity index (χ1) is 8.60. The number of hydrogen-bond acceptors (Lipinski definition) is 5. The molecule has 0 aliphatic carbocycles. The van der Waals surface area contributed by atoms with Gasteiger partial charge in [0.05, 0.1) is 13.7 Å². The van der Waals surface area contributed by atoms with Gasteiger partial charge in [0.2, 0.25) is 5.91 Å². The number of nitrogens with zero attached hydrogens (tertiary/aromatic N) is 1. The van der Waals surface area contributed by atoms with Crippen LogP contribution in [0.1, 0.15) is 19.3 Å². The predicted molar refractivity (Wildman–Crippen MR) is 68.2 cm³/mol. The van der Waals surface area contributed by atoms with Crippen molar-refractivity contribution in [2.45, 2.75) is 19.3 Å². The van der Waals surface area contributed by atoms with Crippen molar-refractivity contribution in [3.05, 3.63) is 0 Å². The van der Waals surface area contributed by atoms with E-state index in [9.17, 15) is 9.59 Å². The predicted octanol–water partition coefficient (Wildman–Crippen LogP) is 0.0241. The molecule has 6 heteroatoms. The molecule has 0 spiro atoms. The fraction of sp³-hybridized carbons (Fsp3) is 0.833. The van der Waals surface area contributed by atoms with E-state index in [1.165, 1.54) is 7.11 Å². The van der Waals surface area contributed by atoms with E-state index < -0.39 is 0 Å². The van der Waals surface area contributed by atoms with Gasteiger partial charge in [-0.15, -0.1) is 0 Å². The molecule has 106 valence electrons. The Hall–Kier alpha value is -1.14. The minimum atomic E-state index is -0.215. The van der Waals surface area contributed by atoms with Crippen LogP contribution >= 0.6 is 0 Å². The zero-order valence-corrected chi connectivity index (χ0v) is 11.5. The van der Waals surface area contributed by atoms with E-state index in [2.05, 4.69) is 10.1 Å². The van der Waals surface area contributed by atoms with Crippen LogP contribution in [0, 0.1) is 0 Å². The highest BCUT2D eigenvalue weighted by molar-refractivity contribution is 5.77. The molecule has 0 aromatic rings. The van der Waals surface area contributed by atoms with Crippen molar-refractivity contribution in [2.75, 3.05) is 47.5 Å². The van der Waals surface area contributed by atoms with Gasteiger partial charge in [0.1, 0.15) is 0 Å². The van der Waals surface area contributed by atoms with Gasteiger partial charge in [-0.05, 0) is 26.4 Å². The van der Waals surface area contributed by atoms with Crippen LogP contribution in [0.25, 0.3) is 0 Å². The molecule has 0 heterocycles. The van der Waals surface area contributed by atoms with E-state index in [0.29, 0.717) is 39.1 Å². The summed E-state index contributed by atoms with van der Waals surface area (Å²) < 4.78 is 9.43. The van der Waals surface area contributed by atoms with Gasteiger partial charge in [-0.25, -0.2) is 0 Å². The van der Waals surface area contributed by atoms with E-state index in [1.54, 1.807) is 7.11 Å². The number of hydrogen-bond donors (Lipinski definition) is 1. The van der Waals surface area contributed by atoms with E-state index in [1.807, 2.05) is 11.9 Å². The lowest BCUT2D eigenvalue weighted by atomic mass is 10.3. The Morgan fingerprint density at radius 1 is 1.22 bits per heavy atom. The molecule has 1 N–H and O–H groups in total. The van der Waals surface area contributed by atoms with Crippen molar-refractivity contribution in [1.82, 2.24) is 10.2 Å². The highest BCUT2D eigenvalue weighted by atomic mass is 16.5. The number of nitrogens with one attached hydrogen (secondary N) is 1. The molecule has 0 bridgehead atoms. The number of ether oxygens (including phenoxy) is 2. The van der Waals surface area contributed by atoms with Crippen LogP contribution in [-0.2, 0) is 19.1 Å². The second-order valence-electron chi connectivity index (χ2n) is 4.11.